The fourth-order valence-electron chi connectivity index (χ4n) is 2.25. The van der Waals surface area contributed by atoms with Gasteiger partial charge in [-0.25, -0.2) is 4.39 Å². The molecule has 0 unspecified atom stereocenters. The number of carbonyl (C=O) groups excluding carboxylic acids is 2. The van der Waals surface area contributed by atoms with Crippen molar-refractivity contribution in [3.63, 3.8) is 0 Å². The van der Waals surface area contributed by atoms with Crippen molar-refractivity contribution in [2.24, 2.45) is 0 Å². The predicted molar refractivity (Wildman–Crippen MR) is 80.9 cm³/mol. The third-order valence-electron chi connectivity index (χ3n) is 3.30. The number of anilines is 1. The molecular weight excluding hydrogens is 285 g/mol. The van der Waals surface area contributed by atoms with E-state index < -0.39 is 17.6 Å². The number of hydrogen-bond acceptors (Lipinski definition) is 3. The molecule has 6 heteroatoms. The van der Waals surface area contributed by atoms with Crippen molar-refractivity contribution in [1.82, 2.24) is 10.3 Å². The van der Waals surface area contributed by atoms with Crippen molar-refractivity contribution in [3.05, 3.63) is 65.5 Å². The average molecular weight is 297 g/mol. The molecule has 0 fully saturated rings. The smallest absolute Gasteiger partial charge is 0.262 e. The minimum atomic E-state index is -0.616. The molecule has 5 nitrogen and oxygen atoms in total. The Morgan fingerprint density at radius 1 is 1.00 bits per heavy atom. The lowest BCUT2D eigenvalue weighted by Gasteiger charge is -2.04. The van der Waals surface area contributed by atoms with Crippen LogP contribution in [0.15, 0.2) is 48.5 Å². The first-order valence-corrected chi connectivity index (χ1v) is 6.53. The molecule has 0 bridgehead atoms. The molecule has 22 heavy (non-hydrogen) atoms. The molecular formula is C16H12FN3O2. The number of rotatable bonds is 2. The molecule has 0 radical (unpaired) electrons. The quantitative estimate of drug-likeness (QED) is 0.635. The van der Waals surface area contributed by atoms with Crippen LogP contribution in [0.1, 0.15) is 20.7 Å². The molecule has 0 aliphatic rings. The van der Waals surface area contributed by atoms with E-state index in [-0.39, 0.29) is 16.9 Å². The zero-order valence-corrected chi connectivity index (χ0v) is 11.4. The zero-order chi connectivity index (χ0) is 15.7. The van der Waals surface area contributed by atoms with Crippen molar-refractivity contribution >= 4 is 28.5 Å². The number of aromatic nitrogens is 1. The third kappa shape index (κ3) is 2.42. The van der Waals surface area contributed by atoms with Crippen LogP contribution >= 0.6 is 0 Å². The van der Waals surface area contributed by atoms with E-state index in [1.165, 1.54) is 12.1 Å². The predicted octanol–water partition coefficient (Wildman–Crippen LogP) is 2.46. The highest BCUT2D eigenvalue weighted by atomic mass is 19.1. The van der Waals surface area contributed by atoms with Gasteiger partial charge >= 0.3 is 0 Å². The van der Waals surface area contributed by atoms with Gasteiger partial charge < -0.3 is 10.7 Å². The number of nitrogen functional groups attached to an aromatic ring is 1. The minimum absolute atomic E-state index is 0.186. The number of nitrogens with two attached hydrogens (primary N) is 1. The van der Waals surface area contributed by atoms with E-state index in [0.29, 0.717) is 10.9 Å². The molecule has 1 heterocycles. The molecule has 0 aliphatic carbocycles. The Hall–Kier alpha value is -3.15. The van der Waals surface area contributed by atoms with E-state index in [1.54, 1.807) is 18.2 Å². The number of fused-ring (bicyclic) bond motifs is 1. The van der Waals surface area contributed by atoms with E-state index in [9.17, 15) is 14.0 Å². The molecule has 0 spiro atoms. The van der Waals surface area contributed by atoms with Gasteiger partial charge in [-0.05, 0) is 30.3 Å². The largest absolute Gasteiger partial charge is 0.385 e. The van der Waals surface area contributed by atoms with Gasteiger partial charge in [0.25, 0.3) is 11.8 Å². The number of halogens is 1. The first kappa shape index (κ1) is 13.8. The van der Waals surface area contributed by atoms with Crippen LogP contribution in [0.4, 0.5) is 10.2 Å². The molecule has 3 rings (SSSR count). The maximum atomic E-state index is 12.8. The molecule has 0 atom stereocenters. The van der Waals surface area contributed by atoms with Gasteiger partial charge in [0.15, 0.2) is 0 Å². The molecule has 110 valence electrons. The van der Waals surface area contributed by atoms with Crippen LogP contribution < -0.4 is 11.1 Å². The summed E-state index contributed by atoms with van der Waals surface area (Å²) in [4.78, 5) is 27.2. The number of nitrogens with one attached hydrogen (secondary N) is 2. The van der Waals surface area contributed by atoms with Crippen molar-refractivity contribution in [2.45, 2.75) is 0 Å². The Labute approximate surface area is 124 Å². The number of H-pyrrole nitrogens is 1. The molecule has 2 amide bonds. The second-order valence-corrected chi connectivity index (χ2v) is 4.75. The summed E-state index contributed by atoms with van der Waals surface area (Å²) in [7, 11) is 0. The molecule has 0 saturated heterocycles. The maximum Gasteiger partial charge on any atom is 0.262 e. The van der Waals surface area contributed by atoms with E-state index in [4.69, 9.17) is 5.73 Å². The first-order valence-electron chi connectivity index (χ1n) is 6.53. The van der Waals surface area contributed by atoms with Crippen molar-refractivity contribution in [2.75, 3.05) is 5.73 Å². The third-order valence-corrected chi connectivity index (χ3v) is 3.30. The number of para-hydroxylation sites is 1. The topological polar surface area (TPSA) is 88.0 Å². The SMILES string of the molecule is Nc1[nH]c2ccccc2c1C(=O)NC(=O)c1ccc(F)cc1. The van der Waals surface area contributed by atoms with Gasteiger partial charge in [-0.2, -0.15) is 0 Å². The molecule has 0 saturated carbocycles. The maximum absolute atomic E-state index is 12.8. The van der Waals surface area contributed by atoms with Crippen LogP contribution in [0.5, 0.6) is 0 Å². The monoisotopic (exact) mass is 297 g/mol. The number of hydrogen-bond donors (Lipinski definition) is 3. The van der Waals surface area contributed by atoms with E-state index in [2.05, 4.69) is 10.3 Å². The van der Waals surface area contributed by atoms with Crippen LogP contribution in [0.3, 0.4) is 0 Å². The summed E-state index contributed by atoms with van der Waals surface area (Å²) in [6.45, 7) is 0. The van der Waals surface area contributed by atoms with Gasteiger partial charge in [-0.3, -0.25) is 14.9 Å². The summed E-state index contributed by atoms with van der Waals surface area (Å²) in [5.74, 6) is -1.49. The second-order valence-electron chi connectivity index (χ2n) is 4.75. The second kappa shape index (κ2) is 5.33. The lowest BCUT2D eigenvalue weighted by atomic mass is 10.1. The minimum Gasteiger partial charge on any atom is -0.385 e. The Morgan fingerprint density at radius 3 is 2.41 bits per heavy atom. The fraction of sp³-hybridized carbons (Fsp3) is 0. The number of benzene rings is 2. The summed E-state index contributed by atoms with van der Waals surface area (Å²) in [6.07, 6.45) is 0. The molecule has 0 aliphatic heterocycles. The van der Waals surface area contributed by atoms with Gasteiger partial charge in [-0.15, -0.1) is 0 Å². The van der Waals surface area contributed by atoms with E-state index in [1.807, 2.05) is 6.07 Å². The number of aromatic amines is 1. The Kier molecular flexibility index (Phi) is 3.34. The number of carbonyl (C=O) groups is 2. The average Bonchev–Trinajstić information content (AvgIpc) is 2.83. The van der Waals surface area contributed by atoms with Gasteiger partial charge in [0, 0.05) is 16.5 Å². The van der Waals surface area contributed by atoms with E-state index >= 15 is 0 Å². The highest BCUT2D eigenvalue weighted by Crippen LogP contribution is 2.23. The normalized spacial score (nSPS) is 10.6. The Bertz CT molecular complexity index is 869. The van der Waals surface area contributed by atoms with Crippen molar-refractivity contribution in [3.8, 4) is 0 Å². The van der Waals surface area contributed by atoms with Crippen LogP contribution in [-0.2, 0) is 0 Å². The summed E-state index contributed by atoms with van der Waals surface area (Å²) >= 11 is 0. The standard InChI is InChI=1S/C16H12FN3O2/c17-10-7-5-9(6-8-10)15(21)20-16(22)13-11-3-1-2-4-12(11)19-14(13)18/h1-8,19H,18H2,(H,20,21,22). The summed E-state index contributed by atoms with van der Waals surface area (Å²) in [5.41, 5.74) is 6.92. The molecule has 2 aromatic carbocycles. The van der Waals surface area contributed by atoms with Crippen molar-refractivity contribution < 1.29 is 14.0 Å². The van der Waals surface area contributed by atoms with Crippen LogP contribution in [0.2, 0.25) is 0 Å². The summed E-state index contributed by atoms with van der Waals surface area (Å²) in [6, 6.07) is 12.0. The van der Waals surface area contributed by atoms with Crippen LogP contribution in [-0.4, -0.2) is 16.8 Å². The highest BCUT2D eigenvalue weighted by molar-refractivity contribution is 6.17. The molecule has 1 aromatic heterocycles. The molecule has 4 N–H and O–H groups in total. The molecule has 3 aromatic rings. The van der Waals surface area contributed by atoms with Gasteiger partial charge in [0.05, 0.1) is 5.56 Å². The van der Waals surface area contributed by atoms with Gasteiger partial charge in [0.2, 0.25) is 0 Å². The van der Waals surface area contributed by atoms with Crippen LogP contribution in [0.25, 0.3) is 10.9 Å². The number of imide groups is 1. The van der Waals surface area contributed by atoms with Crippen molar-refractivity contribution in [1.29, 1.82) is 0 Å². The van der Waals surface area contributed by atoms with E-state index in [0.717, 1.165) is 12.1 Å². The zero-order valence-electron chi connectivity index (χ0n) is 11.4. The van der Waals surface area contributed by atoms with Gasteiger partial charge in [-0.1, -0.05) is 18.2 Å². The van der Waals surface area contributed by atoms with Crippen LogP contribution in [0, 0.1) is 5.82 Å². The fourth-order valence-corrected chi connectivity index (χ4v) is 2.25. The number of amides is 2. The lowest BCUT2D eigenvalue weighted by molar-refractivity contribution is 0.0851. The lowest BCUT2D eigenvalue weighted by Crippen LogP contribution is -2.30. The Morgan fingerprint density at radius 2 is 1.68 bits per heavy atom. The summed E-state index contributed by atoms with van der Waals surface area (Å²) in [5, 5.41) is 2.88. The summed E-state index contributed by atoms with van der Waals surface area (Å²) < 4.78 is 12.8. The van der Waals surface area contributed by atoms with Gasteiger partial charge in [0.1, 0.15) is 11.6 Å². The first-order chi connectivity index (χ1) is 10.6. The highest BCUT2D eigenvalue weighted by Gasteiger charge is 2.19. The Balaban J connectivity index is 1.89.